The van der Waals surface area contributed by atoms with Crippen molar-refractivity contribution in [3.63, 3.8) is 0 Å². The third-order valence-electron chi connectivity index (χ3n) is 4.25. The monoisotopic (exact) mass is 316 g/mol. The minimum absolute atomic E-state index is 0.0776. The molecule has 116 valence electrons. The molecule has 0 saturated heterocycles. The van der Waals surface area contributed by atoms with Crippen LogP contribution in [-0.2, 0) is 11.3 Å². The molecule has 0 unspecified atom stereocenters. The highest BCUT2D eigenvalue weighted by Crippen LogP contribution is 2.37. The lowest BCUT2D eigenvalue weighted by molar-refractivity contribution is -0.122. The molecular weight excluding hydrogens is 296 g/mol. The average molecular weight is 316 g/mol. The Balaban J connectivity index is 1.71. The first-order valence-corrected chi connectivity index (χ1v) is 8.60. The van der Waals surface area contributed by atoms with Crippen molar-refractivity contribution in [1.29, 1.82) is 0 Å². The zero-order chi connectivity index (χ0) is 15.4. The largest absolute Gasteiger partial charge is 0.347 e. The molecule has 4 nitrogen and oxygen atoms in total. The molecule has 1 aliphatic carbocycles. The fourth-order valence-electron chi connectivity index (χ4n) is 3.15. The summed E-state index contributed by atoms with van der Waals surface area (Å²) in [6.07, 6.45) is 6.45. The van der Waals surface area contributed by atoms with E-state index in [0.29, 0.717) is 5.92 Å². The van der Waals surface area contributed by atoms with E-state index in [2.05, 4.69) is 11.4 Å². The van der Waals surface area contributed by atoms with Gasteiger partial charge in [0.2, 0.25) is 5.91 Å². The topological polar surface area (TPSA) is 51.1 Å². The number of pyridine rings is 1. The van der Waals surface area contributed by atoms with Crippen LogP contribution < -0.4 is 10.9 Å². The van der Waals surface area contributed by atoms with Crippen molar-refractivity contribution in [2.24, 2.45) is 5.92 Å². The predicted molar refractivity (Wildman–Crippen MR) is 87.9 cm³/mol. The van der Waals surface area contributed by atoms with Gasteiger partial charge in [0.1, 0.15) is 6.54 Å². The summed E-state index contributed by atoms with van der Waals surface area (Å²) in [5.74, 6) is 0.411. The van der Waals surface area contributed by atoms with Crippen molar-refractivity contribution in [3.05, 3.63) is 57.1 Å². The minimum atomic E-state index is -0.147. The number of nitrogens with zero attached hydrogens (tertiary/aromatic N) is 1. The summed E-state index contributed by atoms with van der Waals surface area (Å²) in [4.78, 5) is 25.3. The quantitative estimate of drug-likeness (QED) is 0.922. The van der Waals surface area contributed by atoms with E-state index in [1.165, 1.54) is 28.4 Å². The highest BCUT2D eigenvalue weighted by atomic mass is 32.1. The van der Waals surface area contributed by atoms with E-state index in [4.69, 9.17) is 0 Å². The number of rotatable bonds is 5. The third-order valence-corrected chi connectivity index (χ3v) is 5.21. The van der Waals surface area contributed by atoms with Gasteiger partial charge in [0.15, 0.2) is 0 Å². The third kappa shape index (κ3) is 3.47. The van der Waals surface area contributed by atoms with Gasteiger partial charge in [0.25, 0.3) is 5.56 Å². The Morgan fingerprint density at radius 3 is 2.77 bits per heavy atom. The standard InChI is InChI=1S/C17H20N2O2S/c20-15(12-19-10-4-3-9-16(19)21)18-17(13-6-1-2-7-13)14-8-5-11-22-14/h3-5,8-11,13,17H,1-2,6-7,12H2,(H,18,20)/t17-/m0/s1. The van der Waals surface area contributed by atoms with E-state index in [0.717, 1.165) is 12.8 Å². The first-order chi connectivity index (χ1) is 10.7. The molecule has 2 heterocycles. The maximum absolute atomic E-state index is 12.4. The first-order valence-electron chi connectivity index (χ1n) is 7.72. The number of hydrogen-bond acceptors (Lipinski definition) is 3. The van der Waals surface area contributed by atoms with Crippen LogP contribution in [0.1, 0.15) is 36.6 Å². The second kappa shape index (κ2) is 6.92. The van der Waals surface area contributed by atoms with Gasteiger partial charge in [-0.1, -0.05) is 25.0 Å². The molecule has 0 radical (unpaired) electrons. The Bertz CT molecular complexity index is 672. The lowest BCUT2D eigenvalue weighted by Crippen LogP contribution is -2.36. The Morgan fingerprint density at radius 1 is 1.27 bits per heavy atom. The zero-order valence-electron chi connectivity index (χ0n) is 12.4. The molecule has 1 atom stereocenters. The van der Waals surface area contributed by atoms with Crippen LogP contribution in [0.25, 0.3) is 0 Å². The van der Waals surface area contributed by atoms with Crippen LogP contribution in [-0.4, -0.2) is 10.5 Å². The van der Waals surface area contributed by atoms with Gasteiger partial charge in [0.05, 0.1) is 6.04 Å². The first kappa shape index (κ1) is 15.0. The molecule has 2 aromatic rings. The molecule has 3 rings (SSSR count). The molecule has 0 bridgehead atoms. The van der Waals surface area contributed by atoms with Gasteiger partial charge < -0.3 is 9.88 Å². The Kier molecular flexibility index (Phi) is 4.73. The van der Waals surface area contributed by atoms with Gasteiger partial charge in [-0.05, 0) is 36.3 Å². The summed E-state index contributed by atoms with van der Waals surface area (Å²) in [5.41, 5.74) is -0.147. The smallest absolute Gasteiger partial charge is 0.250 e. The Labute approximate surface area is 133 Å². The summed E-state index contributed by atoms with van der Waals surface area (Å²) in [7, 11) is 0. The minimum Gasteiger partial charge on any atom is -0.347 e. The molecule has 5 heteroatoms. The molecule has 1 fully saturated rings. The lowest BCUT2D eigenvalue weighted by atomic mass is 9.96. The molecule has 0 aromatic carbocycles. The van der Waals surface area contributed by atoms with Crippen molar-refractivity contribution < 1.29 is 4.79 Å². The fraction of sp³-hybridized carbons (Fsp3) is 0.412. The molecule has 1 amide bonds. The Hall–Kier alpha value is -1.88. The highest BCUT2D eigenvalue weighted by molar-refractivity contribution is 7.10. The van der Waals surface area contributed by atoms with E-state index in [1.807, 2.05) is 11.4 Å². The maximum Gasteiger partial charge on any atom is 0.250 e. The zero-order valence-corrected chi connectivity index (χ0v) is 13.2. The molecule has 0 spiro atoms. The van der Waals surface area contributed by atoms with Gasteiger partial charge in [-0.25, -0.2) is 0 Å². The van der Waals surface area contributed by atoms with Crippen LogP contribution >= 0.6 is 11.3 Å². The van der Waals surface area contributed by atoms with Crippen molar-refractivity contribution >= 4 is 17.2 Å². The SMILES string of the molecule is O=C(Cn1ccccc1=O)N[C@H](c1cccs1)C1CCCC1. The number of carbonyl (C=O) groups excluding carboxylic acids is 1. The summed E-state index contributed by atoms with van der Waals surface area (Å²) >= 11 is 1.69. The number of nitrogens with one attached hydrogen (secondary N) is 1. The van der Waals surface area contributed by atoms with Gasteiger partial charge in [-0.15, -0.1) is 11.3 Å². The van der Waals surface area contributed by atoms with Crippen LogP contribution in [0.5, 0.6) is 0 Å². The summed E-state index contributed by atoms with van der Waals surface area (Å²) in [5, 5.41) is 5.20. The molecule has 0 aliphatic heterocycles. The van der Waals surface area contributed by atoms with Crippen LogP contribution in [0, 0.1) is 5.92 Å². The summed E-state index contributed by atoms with van der Waals surface area (Å²) in [6.45, 7) is 0.0776. The number of amides is 1. The molecule has 1 aliphatic rings. The predicted octanol–water partition coefficient (Wildman–Crippen LogP) is 2.96. The number of thiophene rings is 1. The second-order valence-corrected chi connectivity index (χ2v) is 6.75. The molecular formula is C17H20N2O2S. The van der Waals surface area contributed by atoms with Crippen LogP contribution in [0.4, 0.5) is 0 Å². The maximum atomic E-state index is 12.4. The summed E-state index contributed by atoms with van der Waals surface area (Å²) < 4.78 is 1.44. The normalized spacial score (nSPS) is 16.5. The van der Waals surface area contributed by atoms with E-state index in [9.17, 15) is 9.59 Å². The van der Waals surface area contributed by atoms with Crippen LogP contribution in [0.3, 0.4) is 0 Å². The fourth-order valence-corrected chi connectivity index (χ4v) is 4.01. The van der Waals surface area contributed by atoms with E-state index in [-0.39, 0.29) is 24.1 Å². The van der Waals surface area contributed by atoms with E-state index in [1.54, 1.807) is 29.7 Å². The van der Waals surface area contributed by atoms with E-state index < -0.39 is 0 Å². The Morgan fingerprint density at radius 2 is 2.09 bits per heavy atom. The van der Waals surface area contributed by atoms with Gasteiger partial charge in [-0.3, -0.25) is 9.59 Å². The number of carbonyl (C=O) groups is 1. The van der Waals surface area contributed by atoms with Gasteiger partial charge in [0, 0.05) is 17.1 Å². The highest BCUT2D eigenvalue weighted by Gasteiger charge is 2.28. The number of aromatic nitrogens is 1. The molecule has 1 N–H and O–H groups in total. The second-order valence-electron chi connectivity index (χ2n) is 5.77. The average Bonchev–Trinajstić information content (AvgIpc) is 3.21. The van der Waals surface area contributed by atoms with Crippen LogP contribution in [0.15, 0.2) is 46.7 Å². The lowest BCUT2D eigenvalue weighted by Gasteiger charge is -2.24. The van der Waals surface area contributed by atoms with Gasteiger partial charge in [-0.2, -0.15) is 0 Å². The number of hydrogen-bond donors (Lipinski definition) is 1. The summed E-state index contributed by atoms with van der Waals surface area (Å²) in [6, 6.07) is 9.11. The van der Waals surface area contributed by atoms with Crippen LogP contribution in [0.2, 0.25) is 0 Å². The van der Waals surface area contributed by atoms with Crippen molar-refractivity contribution in [3.8, 4) is 0 Å². The van der Waals surface area contributed by atoms with Crippen molar-refractivity contribution in [2.75, 3.05) is 0 Å². The molecule has 22 heavy (non-hydrogen) atoms. The van der Waals surface area contributed by atoms with E-state index >= 15 is 0 Å². The molecule has 2 aromatic heterocycles. The van der Waals surface area contributed by atoms with Crippen molar-refractivity contribution in [2.45, 2.75) is 38.3 Å². The van der Waals surface area contributed by atoms with Crippen molar-refractivity contribution in [1.82, 2.24) is 9.88 Å². The molecule has 1 saturated carbocycles. The van der Waals surface area contributed by atoms with Gasteiger partial charge >= 0.3 is 0 Å².